The molecule has 1 aromatic carbocycles. The van der Waals surface area contributed by atoms with Crippen molar-refractivity contribution in [2.24, 2.45) is 0 Å². The molecule has 0 aliphatic rings. The lowest BCUT2D eigenvalue weighted by molar-refractivity contribution is 0.425. The molecule has 0 unspecified atom stereocenters. The van der Waals surface area contributed by atoms with Crippen LogP contribution in [0.2, 0.25) is 5.02 Å². The van der Waals surface area contributed by atoms with Gasteiger partial charge in [0.25, 0.3) is 5.89 Å². The van der Waals surface area contributed by atoms with Gasteiger partial charge >= 0.3 is 0 Å². The van der Waals surface area contributed by atoms with E-state index < -0.39 is 0 Å². The van der Waals surface area contributed by atoms with Gasteiger partial charge in [0.1, 0.15) is 5.00 Å². The number of nitrogens with two attached hydrogens (primary N) is 1. The van der Waals surface area contributed by atoms with Gasteiger partial charge in [0.15, 0.2) is 5.82 Å². The molecular formula is C13H11ClN4OS2. The van der Waals surface area contributed by atoms with Crippen LogP contribution in [0.25, 0.3) is 11.5 Å². The Balaban J connectivity index is 1.76. The molecule has 21 heavy (non-hydrogen) atoms. The summed E-state index contributed by atoms with van der Waals surface area (Å²) in [5.74, 6) is 1.58. The third kappa shape index (κ3) is 3.04. The van der Waals surface area contributed by atoms with Gasteiger partial charge in [-0.3, -0.25) is 0 Å². The standard InChI is InChI=1S/C13H11ClN4OS2/c1-7-11(12(15)21-18-7)13-16-10(17-19-13)6-20-9-5-3-2-4-8(9)14/h2-5H,6,15H2,1H3. The molecule has 5 nitrogen and oxygen atoms in total. The molecule has 3 rings (SSSR count). The molecule has 2 aromatic heterocycles. The van der Waals surface area contributed by atoms with Crippen molar-refractivity contribution in [1.29, 1.82) is 0 Å². The maximum Gasteiger partial charge on any atom is 0.262 e. The van der Waals surface area contributed by atoms with E-state index in [1.807, 2.05) is 31.2 Å². The third-order valence-corrected chi connectivity index (χ3v) is 5.04. The molecule has 0 spiro atoms. The van der Waals surface area contributed by atoms with E-state index in [0.29, 0.717) is 27.5 Å². The highest BCUT2D eigenvalue weighted by Gasteiger charge is 2.17. The molecule has 108 valence electrons. The molecule has 3 aromatic rings. The SMILES string of the molecule is Cc1nsc(N)c1-c1nc(CSc2ccccc2Cl)no1. The van der Waals surface area contributed by atoms with Crippen molar-refractivity contribution < 1.29 is 4.52 Å². The van der Waals surface area contributed by atoms with Crippen molar-refractivity contribution in [1.82, 2.24) is 14.5 Å². The van der Waals surface area contributed by atoms with E-state index in [1.54, 1.807) is 11.8 Å². The summed E-state index contributed by atoms with van der Waals surface area (Å²) in [6.45, 7) is 1.87. The Hall–Kier alpha value is -1.57. The minimum absolute atomic E-state index is 0.411. The van der Waals surface area contributed by atoms with Crippen LogP contribution in [0.3, 0.4) is 0 Å². The molecule has 0 fully saturated rings. The summed E-state index contributed by atoms with van der Waals surface area (Å²) >= 11 is 8.89. The van der Waals surface area contributed by atoms with Crippen LogP contribution in [0.5, 0.6) is 0 Å². The van der Waals surface area contributed by atoms with Crippen molar-refractivity contribution in [3.63, 3.8) is 0 Å². The van der Waals surface area contributed by atoms with Crippen molar-refractivity contribution in [2.75, 3.05) is 5.73 Å². The number of halogens is 1. The van der Waals surface area contributed by atoms with Gasteiger partial charge in [-0.1, -0.05) is 28.9 Å². The highest BCUT2D eigenvalue weighted by molar-refractivity contribution is 7.98. The van der Waals surface area contributed by atoms with Gasteiger partial charge in [0.2, 0.25) is 0 Å². The molecule has 2 N–H and O–H groups in total. The van der Waals surface area contributed by atoms with E-state index in [1.165, 1.54) is 11.5 Å². The highest BCUT2D eigenvalue weighted by atomic mass is 35.5. The lowest BCUT2D eigenvalue weighted by atomic mass is 10.2. The smallest absolute Gasteiger partial charge is 0.262 e. The van der Waals surface area contributed by atoms with Crippen LogP contribution in [0.15, 0.2) is 33.7 Å². The van der Waals surface area contributed by atoms with E-state index in [4.69, 9.17) is 21.9 Å². The van der Waals surface area contributed by atoms with E-state index >= 15 is 0 Å². The van der Waals surface area contributed by atoms with Crippen LogP contribution >= 0.6 is 34.9 Å². The summed E-state index contributed by atoms with van der Waals surface area (Å²) in [5.41, 5.74) is 7.39. The van der Waals surface area contributed by atoms with Crippen LogP contribution in [0.4, 0.5) is 5.00 Å². The number of hydrogen-bond donors (Lipinski definition) is 1. The van der Waals surface area contributed by atoms with Gasteiger partial charge in [-0.25, -0.2) is 0 Å². The Kier molecular flexibility index (Phi) is 4.14. The third-order valence-electron chi connectivity index (χ3n) is 2.76. The van der Waals surface area contributed by atoms with Crippen LogP contribution in [0.1, 0.15) is 11.5 Å². The summed E-state index contributed by atoms with van der Waals surface area (Å²) < 4.78 is 9.44. The second-order valence-electron chi connectivity index (χ2n) is 4.24. The van der Waals surface area contributed by atoms with Crippen LogP contribution in [-0.2, 0) is 5.75 Å². The number of hydrogen-bond acceptors (Lipinski definition) is 7. The first-order valence-corrected chi connectivity index (χ1v) is 8.21. The molecule has 0 atom stereocenters. The summed E-state index contributed by atoms with van der Waals surface area (Å²) in [7, 11) is 0. The quantitative estimate of drug-likeness (QED) is 0.723. The molecule has 0 aliphatic carbocycles. The van der Waals surface area contributed by atoms with E-state index in [2.05, 4.69) is 14.5 Å². The Morgan fingerprint density at radius 2 is 2.19 bits per heavy atom. The van der Waals surface area contributed by atoms with E-state index in [9.17, 15) is 0 Å². The predicted molar refractivity (Wildman–Crippen MR) is 85.6 cm³/mol. The molecule has 0 amide bonds. The van der Waals surface area contributed by atoms with Crippen LogP contribution < -0.4 is 5.73 Å². The molecule has 0 saturated carbocycles. The van der Waals surface area contributed by atoms with Gasteiger partial charge in [-0.15, -0.1) is 11.8 Å². The lowest BCUT2D eigenvalue weighted by Gasteiger charge is -2.00. The molecule has 0 saturated heterocycles. The van der Waals surface area contributed by atoms with Gasteiger partial charge in [-0.2, -0.15) is 9.36 Å². The number of thioether (sulfide) groups is 1. The Bertz CT molecular complexity index is 752. The van der Waals surface area contributed by atoms with E-state index in [0.717, 1.165) is 16.2 Å². The number of aromatic nitrogens is 3. The summed E-state index contributed by atoms with van der Waals surface area (Å²) in [6.07, 6.45) is 0. The zero-order valence-electron chi connectivity index (χ0n) is 11.0. The average molecular weight is 339 g/mol. The van der Waals surface area contributed by atoms with Crippen molar-refractivity contribution in [2.45, 2.75) is 17.6 Å². The topological polar surface area (TPSA) is 77.8 Å². The summed E-state index contributed by atoms with van der Waals surface area (Å²) in [4.78, 5) is 5.35. The zero-order valence-corrected chi connectivity index (χ0v) is 13.4. The Labute approximate surface area is 134 Å². The number of rotatable bonds is 4. The first kappa shape index (κ1) is 14.4. The largest absolute Gasteiger partial charge is 0.389 e. The number of anilines is 1. The molecular weight excluding hydrogens is 328 g/mol. The minimum Gasteiger partial charge on any atom is -0.389 e. The molecule has 2 heterocycles. The van der Waals surface area contributed by atoms with Gasteiger partial charge in [-0.05, 0) is 30.6 Å². The normalized spacial score (nSPS) is 11.0. The minimum atomic E-state index is 0.411. The number of aryl methyl sites for hydroxylation is 1. The first-order chi connectivity index (χ1) is 10.1. The average Bonchev–Trinajstić information content (AvgIpc) is 3.05. The summed E-state index contributed by atoms with van der Waals surface area (Å²) in [5, 5.41) is 5.27. The number of nitrogen functional groups attached to an aromatic ring is 1. The highest BCUT2D eigenvalue weighted by Crippen LogP contribution is 2.32. The maximum absolute atomic E-state index is 6.11. The molecule has 8 heteroatoms. The van der Waals surface area contributed by atoms with Crippen LogP contribution in [-0.4, -0.2) is 14.5 Å². The number of benzene rings is 1. The maximum atomic E-state index is 6.11. The predicted octanol–water partition coefficient (Wildman–Crippen LogP) is 4.03. The molecule has 0 aliphatic heterocycles. The fourth-order valence-electron chi connectivity index (χ4n) is 1.77. The zero-order chi connectivity index (χ0) is 14.8. The second-order valence-corrected chi connectivity index (χ2v) is 6.47. The monoisotopic (exact) mass is 338 g/mol. The van der Waals surface area contributed by atoms with Crippen molar-refractivity contribution >= 4 is 39.9 Å². The van der Waals surface area contributed by atoms with Crippen molar-refractivity contribution in [3.8, 4) is 11.5 Å². The second kappa shape index (κ2) is 6.05. The fraction of sp³-hybridized carbons (Fsp3) is 0.154. The summed E-state index contributed by atoms with van der Waals surface area (Å²) in [6, 6.07) is 7.65. The van der Waals surface area contributed by atoms with Crippen molar-refractivity contribution in [3.05, 3.63) is 40.8 Å². The Morgan fingerprint density at radius 1 is 1.38 bits per heavy atom. The first-order valence-electron chi connectivity index (χ1n) is 6.07. The van der Waals surface area contributed by atoms with Gasteiger partial charge in [0.05, 0.1) is 22.0 Å². The molecule has 0 bridgehead atoms. The lowest BCUT2D eigenvalue weighted by Crippen LogP contribution is -1.88. The fourth-order valence-corrected chi connectivity index (χ4v) is 3.50. The van der Waals surface area contributed by atoms with E-state index in [-0.39, 0.29) is 0 Å². The van der Waals surface area contributed by atoms with Gasteiger partial charge in [0, 0.05) is 4.90 Å². The number of nitrogens with zero attached hydrogens (tertiary/aromatic N) is 3. The van der Waals surface area contributed by atoms with Crippen LogP contribution in [0, 0.1) is 6.92 Å². The molecule has 0 radical (unpaired) electrons. The van der Waals surface area contributed by atoms with Gasteiger partial charge < -0.3 is 10.3 Å². The Morgan fingerprint density at radius 3 is 2.90 bits per heavy atom.